The zero-order valence-electron chi connectivity index (χ0n) is 10.6. The van der Waals surface area contributed by atoms with Gasteiger partial charge in [0.05, 0.1) is 17.2 Å². The van der Waals surface area contributed by atoms with E-state index in [1.54, 1.807) is 25.1 Å². The van der Waals surface area contributed by atoms with Crippen molar-refractivity contribution in [1.82, 2.24) is 4.98 Å². The molecule has 2 N–H and O–H groups in total. The molecule has 0 radical (unpaired) electrons. The molecular formula is C14H15ClN2OS. The van der Waals surface area contributed by atoms with E-state index in [4.69, 9.17) is 22.1 Å². The zero-order chi connectivity index (χ0) is 13.7. The maximum absolute atomic E-state index is 5.80. The maximum atomic E-state index is 5.80. The quantitative estimate of drug-likeness (QED) is 0.858. The second-order valence-electron chi connectivity index (χ2n) is 3.95. The smallest absolute Gasteiger partial charge is 0.123 e. The Kier molecular flexibility index (Phi) is 5.07. The number of nitrogens with two attached hydrogens (primary N) is 1. The van der Waals surface area contributed by atoms with Crippen LogP contribution in [-0.4, -0.2) is 12.1 Å². The fourth-order valence-corrected chi connectivity index (χ4v) is 2.55. The first-order valence-corrected chi connectivity index (χ1v) is 7.19. The molecule has 100 valence electrons. The lowest BCUT2D eigenvalue weighted by Gasteiger charge is -2.09. The van der Waals surface area contributed by atoms with Crippen LogP contribution in [0.15, 0.2) is 41.6 Å². The van der Waals surface area contributed by atoms with Crippen molar-refractivity contribution in [2.24, 2.45) is 5.73 Å². The average Bonchev–Trinajstić information content (AvgIpc) is 2.46. The second kappa shape index (κ2) is 6.80. The standard InChI is InChI=1S/C14H15ClN2OS/c1-18-13-6-10(2-3-11(13)7-16)9-19-14-5-4-12(15)8-17-14/h2-6,8H,7,9,16H2,1H3. The van der Waals surface area contributed by atoms with E-state index in [0.717, 1.165) is 22.1 Å². The van der Waals surface area contributed by atoms with Crippen LogP contribution in [0.3, 0.4) is 0 Å². The number of pyridine rings is 1. The summed E-state index contributed by atoms with van der Waals surface area (Å²) in [5.74, 6) is 1.67. The van der Waals surface area contributed by atoms with Crippen molar-refractivity contribution in [2.45, 2.75) is 17.3 Å². The molecule has 0 amide bonds. The fraction of sp³-hybridized carbons (Fsp3) is 0.214. The molecule has 0 saturated carbocycles. The van der Waals surface area contributed by atoms with Crippen LogP contribution < -0.4 is 10.5 Å². The van der Waals surface area contributed by atoms with Crippen molar-refractivity contribution >= 4 is 23.4 Å². The summed E-state index contributed by atoms with van der Waals surface area (Å²) >= 11 is 7.46. The Morgan fingerprint density at radius 3 is 2.79 bits per heavy atom. The topological polar surface area (TPSA) is 48.1 Å². The molecule has 3 nitrogen and oxygen atoms in total. The lowest BCUT2D eigenvalue weighted by atomic mass is 10.1. The van der Waals surface area contributed by atoms with E-state index in [1.165, 1.54) is 5.56 Å². The van der Waals surface area contributed by atoms with Crippen LogP contribution in [0.25, 0.3) is 0 Å². The van der Waals surface area contributed by atoms with E-state index in [9.17, 15) is 0 Å². The lowest BCUT2D eigenvalue weighted by Crippen LogP contribution is -2.00. The molecule has 1 heterocycles. The van der Waals surface area contributed by atoms with Crippen molar-refractivity contribution < 1.29 is 4.74 Å². The molecule has 19 heavy (non-hydrogen) atoms. The molecule has 0 saturated heterocycles. The fourth-order valence-electron chi connectivity index (χ4n) is 1.65. The number of aromatic nitrogens is 1. The third-order valence-electron chi connectivity index (χ3n) is 2.66. The summed E-state index contributed by atoms with van der Waals surface area (Å²) in [5.41, 5.74) is 7.84. The van der Waals surface area contributed by atoms with Crippen molar-refractivity contribution in [3.8, 4) is 5.75 Å². The Hall–Kier alpha value is -1.23. The Morgan fingerprint density at radius 1 is 1.32 bits per heavy atom. The first-order chi connectivity index (χ1) is 9.22. The normalized spacial score (nSPS) is 10.5. The van der Waals surface area contributed by atoms with Gasteiger partial charge in [-0.05, 0) is 23.8 Å². The molecule has 0 spiro atoms. The third kappa shape index (κ3) is 3.86. The number of rotatable bonds is 5. The van der Waals surface area contributed by atoms with Gasteiger partial charge in [-0.2, -0.15) is 0 Å². The monoisotopic (exact) mass is 294 g/mol. The molecule has 2 aromatic rings. The van der Waals surface area contributed by atoms with Gasteiger partial charge in [-0.15, -0.1) is 11.8 Å². The number of thioether (sulfide) groups is 1. The summed E-state index contributed by atoms with van der Waals surface area (Å²) in [4.78, 5) is 4.25. The van der Waals surface area contributed by atoms with E-state index >= 15 is 0 Å². The number of nitrogens with zero attached hydrogens (tertiary/aromatic N) is 1. The SMILES string of the molecule is COc1cc(CSc2ccc(Cl)cn2)ccc1CN. The summed E-state index contributed by atoms with van der Waals surface area (Å²) in [6.07, 6.45) is 1.65. The van der Waals surface area contributed by atoms with Gasteiger partial charge in [0.1, 0.15) is 5.75 Å². The van der Waals surface area contributed by atoms with E-state index in [2.05, 4.69) is 11.1 Å². The van der Waals surface area contributed by atoms with Gasteiger partial charge in [0.15, 0.2) is 0 Å². The van der Waals surface area contributed by atoms with Crippen LogP contribution >= 0.6 is 23.4 Å². The minimum atomic E-state index is 0.481. The van der Waals surface area contributed by atoms with Crippen molar-refractivity contribution in [3.63, 3.8) is 0 Å². The summed E-state index contributed by atoms with van der Waals surface area (Å²) in [7, 11) is 1.66. The summed E-state index contributed by atoms with van der Waals surface area (Å²) in [6, 6.07) is 9.84. The van der Waals surface area contributed by atoms with Crippen molar-refractivity contribution in [2.75, 3.05) is 7.11 Å². The molecule has 0 aliphatic heterocycles. The van der Waals surface area contributed by atoms with Crippen LogP contribution in [0, 0.1) is 0 Å². The lowest BCUT2D eigenvalue weighted by molar-refractivity contribution is 0.409. The molecule has 0 aliphatic carbocycles. The number of benzene rings is 1. The predicted molar refractivity (Wildman–Crippen MR) is 79.7 cm³/mol. The highest BCUT2D eigenvalue weighted by Gasteiger charge is 2.04. The van der Waals surface area contributed by atoms with Gasteiger partial charge in [0.25, 0.3) is 0 Å². The molecular weight excluding hydrogens is 280 g/mol. The minimum absolute atomic E-state index is 0.481. The van der Waals surface area contributed by atoms with Crippen LogP contribution in [0.2, 0.25) is 5.02 Å². The zero-order valence-corrected chi connectivity index (χ0v) is 12.2. The number of hydrogen-bond acceptors (Lipinski definition) is 4. The second-order valence-corrected chi connectivity index (χ2v) is 5.39. The van der Waals surface area contributed by atoms with Gasteiger partial charge >= 0.3 is 0 Å². The van der Waals surface area contributed by atoms with Crippen LogP contribution in [0.1, 0.15) is 11.1 Å². The number of ether oxygens (including phenoxy) is 1. The van der Waals surface area contributed by atoms with Gasteiger partial charge in [-0.3, -0.25) is 0 Å². The Balaban J connectivity index is 2.05. The van der Waals surface area contributed by atoms with E-state index < -0.39 is 0 Å². The van der Waals surface area contributed by atoms with Gasteiger partial charge in [-0.1, -0.05) is 23.7 Å². The largest absolute Gasteiger partial charge is 0.496 e. The molecule has 5 heteroatoms. The highest BCUT2D eigenvalue weighted by Crippen LogP contribution is 2.26. The van der Waals surface area contributed by atoms with Crippen LogP contribution in [-0.2, 0) is 12.3 Å². The number of halogens is 1. The summed E-state index contributed by atoms with van der Waals surface area (Å²) in [6.45, 7) is 0.481. The number of hydrogen-bond donors (Lipinski definition) is 1. The molecule has 0 fully saturated rings. The Morgan fingerprint density at radius 2 is 2.16 bits per heavy atom. The first kappa shape index (κ1) is 14.2. The summed E-state index contributed by atoms with van der Waals surface area (Å²) in [5, 5.41) is 1.60. The first-order valence-electron chi connectivity index (χ1n) is 5.83. The predicted octanol–water partition coefficient (Wildman–Crippen LogP) is 3.49. The number of methoxy groups -OCH3 is 1. The van der Waals surface area contributed by atoms with Crippen LogP contribution in [0.5, 0.6) is 5.75 Å². The highest BCUT2D eigenvalue weighted by molar-refractivity contribution is 7.98. The van der Waals surface area contributed by atoms with Gasteiger partial charge in [0, 0.05) is 24.1 Å². The van der Waals surface area contributed by atoms with Gasteiger partial charge in [0.2, 0.25) is 0 Å². The van der Waals surface area contributed by atoms with Crippen molar-refractivity contribution in [1.29, 1.82) is 0 Å². The average molecular weight is 295 g/mol. The Labute approximate surface area is 122 Å². The van der Waals surface area contributed by atoms with E-state index in [0.29, 0.717) is 11.6 Å². The van der Waals surface area contributed by atoms with Gasteiger partial charge in [-0.25, -0.2) is 4.98 Å². The highest BCUT2D eigenvalue weighted by atomic mass is 35.5. The molecule has 0 unspecified atom stereocenters. The molecule has 0 atom stereocenters. The van der Waals surface area contributed by atoms with Gasteiger partial charge < -0.3 is 10.5 Å². The molecule has 0 bridgehead atoms. The van der Waals surface area contributed by atoms with Crippen LogP contribution in [0.4, 0.5) is 0 Å². The van der Waals surface area contributed by atoms with Crippen molar-refractivity contribution in [3.05, 3.63) is 52.7 Å². The molecule has 1 aromatic carbocycles. The molecule has 0 aliphatic rings. The molecule has 1 aromatic heterocycles. The Bertz CT molecular complexity index is 546. The summed E-state index contributed by atoms with van der Waals surface area (Å²) < 4.78 is 5.32. The third-order valence-corrected chi connectivity index (χ3v) is 3.90. The minimum Gasteiger partial charge on any atom is -0.496 e. The maximum Gasteiger partial charge on any atom is 0.123 e. The van der Waals surface area contributed by atoms with E-state index in [1.807, 2.05) is 24.3 Å². The van der Waals surface area contributed by atoms with E-state index in [-0.39, 0.29) is 0 Å². The molecule has 2 rings (SSSR count).